The molecule has 0 saturated carbocycles. The molecule has 0 spiro atoms. The van der Waals surface area contributed by atoms with E-state index in [0.717, 1.165) is 37.6 Å². The monoisotopic (exact) mass is 223 g/mol. The summed E-state index contributed by atoms with van der Waals surface area (Å²) in [6.45, 7) is 7.34. The van der Waals surface area contributed by atoms with Gasteiger partial charge in [0.15, 0.2) is 0 Å². The normalized spacial score (nSPS) is 10.2. The maximum absolute atomic E-state index is 5.57. The van der Waals surface area contributed by atoms with E-state index in [1.165, 1.54) is 0 Å². The molecule has 4 nitrogen and oxygen atoms in total. The predicted octanol–water partition coefficient (Wildman–Crippen LogP) is 1.66. The molecule has 2 N–H and O–H groups in total. The average molecular weight is 223 g/mol. The third kappa shape index (κ3) is 3.70. The molecule has 16 heavy (non-hydrogen) atoms. The Morgan fingerprint density at radius 3 is 2.81 bits per heavy atom. The van der Waals surface area contributed by atoms with Crippen LogP contribution in [-0.2, 0) is 0 Å². The first-order chi connectivity index (χ1) is 7.81. The van der Waals surface area contributed by atoms with Crippen LogP contribution in [0.15, 0.2) is 18.5 Å². The summed E-state index contributed by atoms with van der Waals surface area (Å²) in [5, 5.41) is 0. The van der Waals surface area contributed by atoms with Crippen molar-refractivity contribution >= 4 is 5.69 Å². The fraction of sp³-hybridized carbons (Fsp3) is 0.583. The van der Waals surface area contributed by atoms with Crippen molar-refractivity contribution in [1.29, 1.82) is 0 Å². The van der Waals surface area contributed by atoms with Crippen LogP contribution in [0.2, 0.25) is 0 Å². The number of hydrogen-bond donors (Lipinski definition) is 1. The van der Waals surface area contributed by atoms with Crippen LogP contribution in [0.25, 0.3) is 0 Å². The van der Waals surface area contributed by atoms with Crippen molar-refractivity contribution in [3.63, 3.8) is 0 Å². The summed E-state index contributed by atoms with van der Waals surface area (Å²) in [4.78, 5) is 6.37. The molecule has 0 amide bonds. The molecule has 1 heterocycles. The average Bonchev–Trinajstić information content (AvgIpc) is 2.33. The number of nitrogens with zero attached hydrogens (tertiary/aromatic N) is 2. The van der Waals surface area contributed by atoms with Gasteiger partial charge >= 0.3 is 0 Å². The molecule has 0 aromatic carbocycles. The van der Waals surface area contributed by atoms with Crippen LogP contribution < -0.4 is 15.4 Å². The van der Waals surface area contributed by atoms with E-state index in [-0.39, 0.29) is 0 Å². The van der Waals surface area contributed by atoms with E-state index in [9.17, 15) is 0 Å². The van der Waals surface area contributed by atoms with Crippen LogP contribution in [-0.4, -0.2) is 31.2 Å². The molecule has 0 fully saturated rings. The predicted molar refractivity (Wildman–Crippen MR) is 67.0 cm³/mol. The second-order valence-electron chi connectivity index (χ2n) is 3.60. The van der Waals surface area contributed by atoms with Crippen molar-refractivity contribution in [1.82, 2.24) is 4.98 Å². The molecule has 1 aromatic heterocycles. The van der Waals surface area contributed by atoms with Crippen molar-refractivity contribution in [3.05, 3.63) is 18.5 Å². The summed E-state index contributed by atoms with van der Waals surface area (Å²) < 4.78 is 5.55. The third-order valence-corrected chi connectivity index (χ3v) is 2.32. The summed E-state index contributed by atoms with van der Waals surface area (Å²) >= 11 is 0. The highest BCUT2D eigenvalue weighted by atomic mass is 16.5. The molecule has 0 atom stereocenters. The lowest BCUT2D eigenvalue weighted by Crippen LogP contribution is -2.29. The smallest absolute Gasteiger partial charge is 0.139 e. The zero-order valence-corrected chi connectivity index (χ0v) is 10.1. The number of hydrogen-bond acceptors (Lipinski definition) is 4. The molecule has 1 aromatic rings. The maximum Gasteiger partial charge on any atom is 0.139 e. The number of pyridine rings is 1. The Balaban J connectivity index is 2.71. The van der Waals surface area contributed by atoms with Gasteiger partial charge in [0, 0.05) is 25.7 Å². The summed E-state index contributed by atoms with van der Waals surface area (Å²) in [6.07, 6.45) is 4.60. The van der Waals surface area contributed by atoms with Gasteiger partial charge in [-0.15, -0.1) is 0 Å². The number of nitrogens with two attached hydrogens (primary N) is 1. The second kappa shape index (κ2) is 7.06. The molecule has 90 valence electrons. The van der Waals surface area contributed by atoms with Gasteiger partial charge in [0.25, 0.3) is 0 Å². The van der Waals surface area contributed by atoms with Crippen LogP contribution in [0.4, 0.5) is 5.69 Å². The summed E-state index contributed by atoms with van der Waals surface area (Å²) in [7, 11) is 0. The highest BCUT2D eigenvalue weighted by Gasteiger charge is 2.04. The van der Waals surface area contributed by atoms with Crippen molar-refractivity contribution < 1.29 is 4.74 Å². The summed E-state index contributed by atoms with van der Waals surface area (Å²) in [5.41, 5.74) is 6.64. The first-order valence-electron chi connectivity index (χ1n) is 5.84. The molecule has 0 aliphatic carbocycles. The second-order valence-corrected chi connectivity index (χ2v) is 3.60. The van der Waals surface area contributed by atoms with Crippen LogP contribution in [0.1, 0.15) is 20.3 Å². The fourth-order valence-electron chi connectivity index (χ4n) is 1.50. The molecular formula is C12H21N3O. The van der Waals surface area contributed by atoms with Gasteiger partial charge in [0.05, 0.1) is 24.7 Å². The molecule has 0 aliphatic heterocycles. The molecular weight excluding hydrogens is 202 g/mol. The zero-order valence-electron chi connectivity index (χ0n) is 10.1. The topological polar surface area (TPSA) is 51.4 Å². The van der Waals surface area contributed by atoms with Crippen LogP contribution in [0, 0.1) is 0 Å². The summed E-state index contributed by atoms with van der Waals surface area (Å²) in [6, 6.07) is 2.02. The largest absolute Gasteiger partial charge is 0.492 e. The van der Waals surface area contributed by atoms with E-state index >= 15 is 0 Å². The number of rotatable bonds is 7. The van der Waals surface area contributed by atoms with Crippen LogP contribution in [0.3, 0.4) is 0 Å². The van der Waals surface area contributed by atoms with Gasteiger partial charge in [0.1, 0.15) is 5.75 Å². The van der Waals surface area contributed by atoms with E-state index in [1.54, 1.807) is 6.20 Å². The van der Waals surface area contributed by atoms with Crippen molar-refractivity contribution in [2.24, 2.45) is 5.73 Å². The van der Waals surface area contributed by atoms with Gasteiger partial charge in [-0.3, -0.25) is 4.98 Å². The van der Waals surface area contributed by atoms with Gasteiger partial charge in [0.2, 0.25) is 0 Å². The molecule has 0 radical (unpaired) electrons. The van der Waals surface area contributed by atoms with Gasteiger partial charge in [-0.05, 0) is 13.3 Å². The molecule has 4 heteroatoms. The van der Waals surface area contributed by atoms with Crippen molar-refractivity contribution in [2.75, 3.05) is 31.1 Å². The molecule has 0 unspecified atom stereocenters. The molecule has 0 saturated heterocycles. The van der Waals surface area contributed by atoms with Crippen molar-refractivity contribution in [2.45, 2.75) is 20.3 Å². The Kier molecular flexibility index (Phi) is 5.64. The first kappa shape index (κ1) is 12.8. The number of aromatic nitrogens is 1. The highest BCUT2D eigenvalue weighted by Crippen LogP contribution is 2.19. The maximum atomic E-state index is 5.57. The molecule has 0 aliphatic rings. The zero-order chi connectivity index (χ0) is 11.8. The van der Waals surface area contributed by atoms with Gasteiger partial charge in [-0.2, -0.15) is 0 Å². The van der Waals surface area contributed by atoms with Crippen LogP contribution in [0.5, 0.6) is 5.75 Å². The molecule has 0 bridgehead atoms. The lowest BCUT2D eigenvalue weighted by Gasteiger charge is -2.22. The van der Waals surface area contributed by atoms with E-state index < -0.39 is 0 Å². The minimum Gasteiger partial charge on any atom is -0.492 e. The lowest BCUT2D eigenvalue weighted by molar-refractivity contribution is 0.316. The third-order valence-electron chi connectivity index (χ3n) is 2.32. The Morgan fingerprint density at radius 2 is 2.19 bits per heavy atom. The summed E-state index contributed by atoms with van der Waals surface area (Å²) in [5.74, 6) is 0.829. The Bertz CT molecular complexity index is 304. The standard InChI is InChI=1S/C12H21N3O/c1-3-7-16-12-8-11(9-14-10-12)15(4-2)6-5-13/h8-10H,3-7,13H2,1-2H3. The van der Waals surface area contributed by atoms with Crippen molar-refractivity contribution in [3.8, 4) is 5.75 Å². The minimum absolute atomic E-state index is 0.647. The van der Waals surface area contributed by atoms with E-state index in [4.69, 9.17) is 10.5 Å². The Morgan fingerprint density at radius 1 is 1.38 bits per heavy atom. The van der Waals surface area contributed by atoms with E-state index in [2.05, 4.69) is 23.7 Å². The highest BCUT2D eigenvalue weighted by molar-refractivity contribution is 5.47. The van der Waals surface area contributed by atoms with Gasteiger partial charge < -0.3 is 15.4 Å². The minimum atomic E-state index is 0.647. The lowest BCUT2D eigenvalue weighted by atomic mass is 10.3. The fourth-order valence-corrected chi connectivity index (χ4v) is 1.50. The number of anilines is 1. The quantitative estimate of drug-likeness (QED) is 0.763. The van der Waals surface area contributed by atoms with E-state index in [0.29, 0.717) is 6.54 Å². The Labute approximate surface area is 97.4 Å². The molecule has 1 rings (SSSR count). The van der Waals surface area contributed by atoms with Gasteiger partial charge in [-0.1, -0.05) is 6.92 Å². The number of likely N-dealkylation sites (N-methyl/N-ethyl adjacent to an activating group) is 1. The van der Waals surface area contributed by atoms with Gasteiger partial charge in [-0.25, -0.2) is 0 Å². The van der Waals surface area contributed by atoms with E-state index in [1.807, 2.05) is 12.3 Å². The first-order valence-corrected chi connectivity index (χ1v) is 5.84. The SMILES string of the molecule is CCCOc1cncc(N(CC)CCN)c1. The number of ether oxygens (including phenoxy) is 1. The Hall–Kier alpha value is -1.29. The van der Waals surface area contributed by atoms with Crippen LogP contribution >= 0.6 is 0 Å².